The summed E-state index contributed by atoms with van der Waals surface area (Å²) in [5, 5.41) is 30.4. The molecule has 5 rings (SSSR count). The summed E-state index contributed by atoms with van der Waals surface area (Å²) in [5.41, 5.74) is 4.25. The highest BCUT2D eigenvalue weighted by atomic mass is 32.3. The van der Waals surface area contributed by atoms with E-state index in [2.05, 4.69) is 39.7 Å². The number of nitrogen functional groups attached to an aromatic ring is 1. The molecule has 0 aliphatic carbocycles. The molecule has 0 bridgehead atoms. The summed E-state index contributed by atoms with van der Waals surface area (Å²) in [4.78, 5) is 60.1. The summed E-state index contributed by atoms with van der Waals surface area (Å²) in [6.07, 6.45) is -6.79. The number of β-lactam (4-membered cyclic amide) rings is 1. The number of aromatic nitrogens is 3. The van der Waals surface area contributed by atoms with E-state index >= 15 is 0 Å². The molecule has 2 fully saturated rings. The lowest BCUT2D eigenvalue weighted by Crippen LogP contribution is -2.76. The Bertz CT molecular complexity index is 1990. The van der Waals surface area contributed by atoms with Crippen molar-refractivity contribution in [1.82, 2.24) is 30.0 Å². The Kier molecular flexibility index (Phi) is 11.7. The number of hydrogen-bond acceptors (Lipinski definition) is 17. The molecule has 0 spiro atoms. The fraction of sp³-hybridized carbons (Fsp3) is 0.385. The number of benzene rings is 1. The van der Waals surface area contributed by atoms with Crippen molar-refractivity contribution in [3.8, 4) is 5.75 Å². The quantitative estimate of drug-likeness (QED) is 0.0510. The van der Waals surface area contributed by atoms with Gasteiger partial charge in [-0.15, -0.1) is 4.28 Å². The second kappa shape index (κ2) is 15.4. The van der Waals surface area contributed by atoms with Gasteiger partial charge in [0, 0.05) is 30.0 Å². The number of nitrogens with two attached hydrogens (primary N) is 1. The normalized spacial score (nSPS) is 17.9. The number of carbonyl (C=O) groups excluding carboxylic acids is 2. The number of amides is 2. The molecular formula is C26H28F3N9O12S2. The summed E-state index contributed by atoms with van der Waals surface area (Å²) in [6.45, 7) is 3.89. The van der Waals surface area contributed by atoms with Crippen molar-refractivity contribution >= 4 is 73.2 Å². The van der Waals surface area contributed by atoms with Crippen LogP contribution in [-0.4, -0.2) is 122 Å². The van der Waals surface area contributed by atoms with Crippen LogP contribution in [0.1, 0.15) is 19.7 Å². The molecular weight excluding hydrogens is 751 g/mol. The van der Waals surface area contributed by atoms with E-state index in [1.807, 2.05) is 12.1 Å². The molecule has 282 valence electrons. The van der Waals surface area contributed by atoms with E-state index in [-0.39, 0.29) is 11.0 Å². The minimum atomic E-state index is -5.08. The number of rotatable bonds is 13. The van der Waals surface area contributed by atoms with Crippen LogP contribution >= 0.6 is 11.5 Å². The molecule has 21 nitrogen and oxygen atoms in total. The predicted octanol–water partition coefficient (Wildman–Crippen LogP) is -0.222. The molecule has 2 aliphatic heterocycles. The number of carbonyl (C=O) groups is 4. The Hall–Kier alpha value is -5.44. The number of carboxylic acids is 2. The van der Waals surface area contributed by atoms with Gasteiger partial charge in [-0.25, -0.2) is 14.6 Å². The number of fused-ring (bicyclic) bond motifs is 1. The first kappa shape index (κ1) is 39.3. The van der Waals surface area contributed by atoms with Gasteiger partial charge < -0.3 is 41.5 Å². The van der Waals surface area contributed by atoms with Crippen LogP contribution in [-0.2, 0) is 38.7 Å². The van der Waals surface area contributed by atoms with Crippen LogP contribution in [0.25, 0.3) is 10.9 Å². The molecule has 1 aromatic carbocycles. The van der Waals surface area contributed by atoms with Gasteiger partial charge in [0.15, 0.2) is 5.13 Å². The minimum absolute atomic E-state index is 0.0508. The van der Waals surface area contributed by atoms with Gasteiger partial charge >= 0.3 is 28.5 Å². The van der Waals surface area contributed by atoms with Crippen molar-refractivity contribution < 1.29 is 69.4 Å². The summed E-state index contributed by atoms with van der Waals surface area (Å²) < 4.78 is 76.6. The lowest BCUT2D eigenvalue weighted by Gasteiger charge is -2.50. The lowest BCUT2D eigenvalue weighted by atomic mass is 9.84. The van der Waals surface area contributed by atoms with Crippen molar-refractivity contribution in [2.24, 2.45) is 5.16 Å². The molecule has 2 aromatic heterocycles. The molecule has 3 aromatic rings. The summed E-state index contributed by atoms with van der Waals surface area (Å²) >= 11 is 0.710. The number of aliphatic carboxylic acids is 2. The van der Waals surface area contributed by atoms with Crippen LogP contribution in [0.15, 0.2) is 35.5 Å². The third-order valence-electron chi connectivity index (χ3n) is 6.97. The van der Waals surface area contributed by atoms with Gasteiger partial charge in [0.25, 0.3) is 17.9 Å². The number of nitrogens with zero attached hydrogens (tertiary/aromatic N) is 5. The highest BCUT2D eigenvalue weighted by molar-refractivity contribution is 7.80. The highest BCUT2D eigenvalue weighted by Gasteiger charge is 2.58. The molecule has 2 aliphatic rings. The van der Waals surface area contributed by atoms with Crippen molar-refractivity contribution in [3.63, 3.8) is 0 Å². The van der Waals surface area contributed by atoms with E-state index in [4.69, 9.17) is 29.8 Å². The minimum Gasteiger partial charge on any atom is -0.489 e. The number of alkyl halides is 3. The van der Waals surface area contributed by atoms with Crippen molar-refractivity contribution in [2.75, 3.05) is 30.7 Å². The zero-order valence-electron chi connectivity index (χ0n) is 26.5. The molecule has 2 unspecified atom stereocenters. The number of hydroxylamine groups is 2. The van der Waals surface area contributed by atoms with Crippen molar-refractivity contribution in [2.45, 2.75) is 43.8 Å². The van der Waals surface area contributed by atoms with Crippen molar-refractivity contribution in [1.29, 1.82) is 0 Å². The van der Waals surface area contributed by atoms with Crippen LogP contribution in [0, 0.1) is 0 Å². The first-order valence-electron chi connectivity index (χ1n) is 14.3. The van der Waals surface area contributed by atoms with Crippen LogP contribution in [0.2, 0.25) is 0 Å². The second-order valence-corrected chi connectivity index (χ2v) is 13.0. The van der Waals surface area contributed by atoms with Gasteiger partial charge in [-0.05, 0) is 44.2 Å². The number of ether oxygens (including phenoxy) is 1. The zero-order valence-corrected chi connectivity index (χ0v) is 28.2. The Morgan fingerprint density at radius 3 is 2.38 bits per heavy atom. The third-order valence-corrected chi connectivity index (χ3v) is 7.85. The standard InChI is InChI=1S/C24H27N9O10S2.C2HF3O2/c1-24(2)18(21(35)33(24)43-45(38,39)40)29-20(34)17(19-30-23(25)44-32-19)31-42-15(22(36)37)10-41-13-4-5-14-11(7-13)3-6-16(28-14)27-12-8-26-9-12;3-2(4,5)1(6)7/h3-7,12,15,18,26H,8-10H2,1-2H3,(H,27,28)(H,29,34)(H,36,37)(H2,25,30,32)(H,38,39,40);(H,6,7). The molecule has 2 saturated heterocycles. The zero-order chi connectivity index (χ0) is 38.6. The SMILES string of the molecule is CC1(C)C(NC(=O)C(=NOC(COc2ccc3nc(NC4CNC4)ccc3c2)C(=O)O)c2nsc(N)n2)C(=O)N1OS(=O)(=O)O.O=C(O)C(F)(F)F. The molecule has 4 heterocycles. The molecule has 0 saturated carbocycles. The third kappa shape index (κ3) is 9.87. The maximum atomic E-state index is 13.2. The van der Waals surface area contributed by atoms with Crippen molar-refractivity contribution in [3.05, 3.63) is 36.2 Å². The number of pyridine rings is 1. The predicted molar refractivity (Wildman–Crippen MR) is 170 cm³/mol. The number of nitrogens with one attached hydrogen (secondary N) is 3. The fourth-order valence-corrected chi connectivity index (χ4v) is 5.13. The van der Waals surface area contributed by atoms with E-state index in [9.17, 15) is 41.1 Å². The monoisotopic (exact) mass is 779 g/mol. The van der Waals surface area contributed by atoms with E-state index in [1.54, 1.807) is 18.2 Å². The maximum absolute atomic E-state index is 13.2. The maximum Gasteiger partial charge on any atom is 0.490 e. The van der Waals surface area contributed by atoms with Crippen LogP contribution in [0.5, 0.6) is 5.75 Å². The highest BCUT2D eigenvalue weighted by Crippen LogP contribution is 2.33. The first-order chi connectivity index (χ1) is 24.2. The van der Waals surface area contributed by atoms with E-state index in [0.29, 0.717) is 33.9 Å². The largest absolute Gasteiger partial charge is 0.490 e. The Labute approximate surface area is 294 Å². The van der Waals surface area contributed by atoms with Gasteiger partial charge in [-0.3, -0.25) is 14.1 Å². The van der Waals surface area contributed by atoms with Crippen LogP contribution < -0.4 is 26.4 Å². The van der Waals surface area contributed by atoms with Gasteiger partial charge in [0.2, 0.25) is 11.5 Å². The summed E-state index contributed by atoms with van der Waals surface area (Å²) in [5.74, 6) is -5.61. The second-order valence-electron chi connectivity index (χ2n) is 11.2. The number of oxime groups is 1. The summed E-state index contributed by atoms with van der Waals surface area (Å²) in [6, 6.07) is 7.64. The Morgan fingerprint density at radius 1 is 1.19 bits per heavy atom. The van der Waals surface area contributed by atoms with Gasteiger partial charge in [-0.1, -0.05) is 5.16 Å². The molecule has 26 heteroatoms. The van der Waals surface area contributed by atoms with Crippen LogP contribution in [0.4, 0.5) is 24.1 Å². The molecule has 0 radical (unpaired) electrons. The molecule has 52 heavy (non-hydrogen) atoms. The average Bonchev–Trinajstić information content (AvgIpc) is 3.46. The van der Waals surface area contributed by atoms with E-state index < -0.39 is 70.3 Å². The molecule has 8 N–H and O–H groups in total. The summed E-state index contributed by atoms with van der Waals surface area (Å²) in [7, 11) is -5.02. The molecule has 2 atom stereocenters. The Balaban J connectivity index is 0.000000785. The molecule has 2 amide bonds. The lowest BCUT2D eigenvalue weighted by molar-refractivity contribution is -0.218. The number of carboxylic acid groups (broad SMARTS) is 2. The van der Waals surface area contributed by atoms with Gasteiger partial charge in [-0.2, -0.15) is 36.0 Å². The average molecular weight is 780 g/mol. The number of hydrogen-bond donors (Lipinski definition) is 7. The number of halogens is 3. The fourth-order valence-electron chi connectivity index (χ4n) is 4.24. The topological polar surface area (TPSA) is 307 Å². The Morgan fingerprint density at radius 2 is 1.87 bits per heavy atom. The van der Waals surface area contributed by atoms with Gasteiger partial charge in [0.05, 0.1) is 17.1 Å². The van der Waals surface area contributed by atoms with Gasteiger partial charge in [0.1, 0.15) is 24.2 Å². The van der Waals surface area contributed by atoms with E-state index in [0.717, 1.165) is 24.3 Å². The smallest absolute Gasteiger partial charge is 0.489 e. The number of anilines is 2. The van der Waals surface area contributed by atoms with Crippen LogP contribution in [0.3, 0.4) is 0 Å². The van der Waals surface area contributed by atoms with E-state index in [1.165, 1.54) is 13.8 Å². The first-order valence-corrected chi connectivity index (χ1v) is 16.5.